The molecule has 1 N–H and O–H groups in total. The number of hydrogen-bond acceptors (Lipinski definition) is 5. The second-order valence-corrected chi connectivity index (χ2v) is 4.39. The van der Waals surface area contributed by atoms with Crippen LogP contribution in [0, 0.1) is 10.1 Å². The fourth-order valence-corrected chi connectivity index (χ4v) is 2.11. The highest BCUT2D eigenvalue weighted by atomic mass is 16.6. The van der Waals surface area contributed by atoms with Gasteiger partial charge in [0.25, 0.3) is 5.69 Å². The van der Waals surface area contributed by atoms with Crippen LogP contribution in [0.1, 0.15) is 16.8 Å². The molecular weight excluding hydrogens is 252 g/mol. The monoisotopic (exact) mass is 266 g/mol. The zero-order valence-corrected chi connectivity index (χ0v) is 10.4. The van der Waals surface area contributed by atoms with Crippen molar-refractivity contribution in [3.05, 3.63) is 33.9 Å². The highest BCUT2D eigenvalue weighted by Gasteiger charge is 2.25. The predicted octanol–water partition coefficient (Wildman–Crippen LogP) is 1.52. The van der Waals surface area contributed by atoms with Crippen LogP contribution in [0.3, 0.4) is 0 Å². The van der Waals surface area contributed by atoms with Crippen LogP contribution in [0.2, 0.25) is 0 Å². The zero-order valence-electron chi connectivity index (χ0n) is 10.4. The summed E-state index contributed by atoms with van der Waals surface area (Å²) in [6.45, 7) is 1.25. The lowest BCUT2D eigenvalue weighted by molar-refractivity contribution is -0.385. The molecule has 1 aliphatic heterocycles. The first kappa shape index (κ1) is 13.3. The van der Waals surface area contributed by atoms with Crippen molar-refractivity contribution in [1.82, 2.24) is 0 Å². The number of carboxylic acids is 1. The Morgan fingerprint density at radius 3 is 2.84 bits per heavy atom. The molecule has 1 unspecified atom stereocenters. The van der Waals surface area contributed by atoms with E-state index in [1.165, 1.54) is 12.1 Å². The number of nitro groups is 1. The normalized spacial score (nSPS) is 18.3. The molecule has 7 heteroatoms. The van der Waals surface area contributed by atoms with Gasteiger partial charge in [-0.2, -0.15) is 0 Å². The van der Waals surface area contributed by atoms with Gasteiger partial charge in [0.05, 0.1) is 17.6 Å². The largest absolute Gasteiger partial charge is 0.477 e. The molecule has 1 atom stereocenters. The Kier molecular flexibility index (Phi) is 3.66. The number of anilines is 1. The highest BCUT2D eigenvalue weighted by Crippen LogP contribution is 2.27. The van der Waals surface area contributed by atoms with Crippen molar-refractivity contribution in [1.29, 1.82) is 0 Å². The van der Waals surface area contributed by atoms with Gasteiger partial charge in [-0.25, -0.2) is 4.79 Å². The Bertz CT molecular complexity index is 511. The van der Waals surface area contributed by atoms with Crippen LogP contribution in [0.5, 0.6) is 0 Å². The number of carbonyl (C=O) groups is 1. The molecule has 1 fully saturated rings. The number of likely N-dealkylation sites (N-methyl/N-ethyl adjacent to an activating group) is 1. The van der Waals surface area contributed by atoms with Gasteiger partial charge < -0.3 is 14.7 Å². The number of carboxylic acid groups (broad SMARTS) is 1. The first-order valence-corrected chi connectivity index (χ1v) is 5.83. The number of benzene rings is 1. The van der Waals surface area contributed by atoms with Crippen molar-refractivity contribution in [3.63, 3.8) is 0 Å². The van der Waals surface area contributed by atoms with Crippen LogP contribution in [0.25, 0.3) is 0 Å². The quantitative estimate of drug-likeness (QED) is 0.656. The Morgan fingerprint density at radius 1 is 1.58 bits per heavy atom. The Morgan fingerprint density at radius 2 is 2.32 bits per heavy atom. The number of ether oxygens (including phenoxy) is 1. The molecule has 0 aromatic heterocycles. The zero-order chi connectivity index (χ0) is 14.0. The van der Waals surface area contributed by atoms with Crippen molar-refractivity contribution in [3.8, 4) is 0 Å². The van der Waals surface area contributed by atoms with Gasteiger partial charge in [-0.05, 0) is 18.6 Å². The third kappa shape index (κ3) is 2.65. The van der Waals surface area contributed by atoms with Crippen LogP contribution < -0.4 is 4.90 Å². The summed E-state index contributed by atoms with van der Waals surface area (Å²) >= 11 is 0. The minimum atomic E-state index is -1.30. The minimum Gasteiger partial charge on any atom is -0.477 e. The van der Waals surface area contributed by atoms with E-state index in [0.29, 0.717) is 18.9 Å². The summed E-state index contributed by atoms with van der Waals surface area (Å²) in [6, 6.07) is 4.30. The van der Waals surface area contributed by atoms with E-state index in [-0.39, 0.29) is 11.6 Å². The van der Waals surface area contributed by atoms with Gasteiger partial charge in [-0.3, -0.25) is 10.1 Å². The summed E-state index contributed by atoms with van der Waals surface area (Å²) in [5.74, 6) is -1.30. The maximum absolute atomic E-state index is 10.9. The second-order valence-electron chi connectivity index (χ2n) is 4.39. The van der Waals surface area contributed by atoms with Crippen molar-refractivity contribution in [2.75, 3.05) is 25.2 Å². The van der Waals surface area contributed by atoms with Crippen molar-refractivity contribution in [2.45, 2.75) is 12.5 Å². The van der Waals surface area contributed by atoms with E-state index in [1.807, 2.05) is 11.9 Å². The van der Waals surface area contributed by atoms with Crippen LogP contribution in [0.15, 0.2) is 18.2 Å². The molecule has 0 radical (unpaired) electrons. The average molecular weight is 266 g/mol. The average Bonchev–Trinajstić information content (AvgIpc) is 2.90. The first-order chi connectivity index (χ1) is 9.00. The molecule has 0 aliphatic carbocycles. The third-order valence-corrected chi connectivity index (χ3v) is 3.27. The van der Waals surface area contributed by atoms with Gasteiger partial charge in [0.1, 0.15) is 5.56 Å². The van der Waals surface area contributed by atoms with E-state index in [9.17, 15) is 14.9 Å². The lowest BCUT2D eigenvalue weighted by Gasteiger charge is -2.25. The molecule has 0 saturated carbocycles. The highest BCUT2D eigenvalue weighted by molar-refractivity contribution is 5.93. The summed E-state index contributed by atoms with van der Waals surface area (Å²) in [4.78, 5) is 23.1. The van der Waals surface area contributed by atoms with Crippen molar-refractivity contribution >= 4 is 17.3 Å². The maximum Gasteiger partial charge on any atom is 0.342 e. The van der Waals surface area contributed by atoms with Crippen LogP contribution >= 0.6 is 0 Å². The molecule has 1 aromatic rings. The molecule has 0 amide bonds. The lowest BCUT2D eigenvalue weighted by Crippen LogP contribution is -2.31. The topological polar surface area (TPSA) is 92.9 Å². The minimum absolute atomic E-state index is 0.162. The molecule has 0 bridgehead atoms. The Labute approximate surface area is 109 Å². The van der Waals surface area contributed by atoms with E-state index in [4.69, 9.17) is 9.84 Å². The predicted molar refractivity (Wildman–Crippen MR) is 67.7 cm³/mol. The first-order valence-electron chi connectivity index (χ1n) is 5.83. The molecule has 1 heterocycles. The summed E-state index contributed by atoms with van der Waals surface area (Å²) in [6.07, 6.45) is 0.852. The second kappa shape index (κ2) is 5.23. The summed E-state index contributed by atoms with van der Waals surface area (Å²) in [7, 11) is 1.82. The SMILES string of the molecule is CN(c1ccc(C(=O)O)c([N+](=O)[O-])c1)C1CCOC1. The van der Waals surface area contributed by atoms with E-state index in [2.05, 4.69) is 0 Å². The molecule has 102 valence electrons. The van der Waals surface area contributed by atoms with Gasteiger partial charge in [-0.15, -0.1) is 0 Å². The molecule has 1 saturated heterocycles. The smallest absolute Gasteiger partial charge is 0.342 e. The number of nitrogens with zero attached hydrogens (tertiary/aromatic N) is 2. The van der Waals surface area contributed by atoms with Crippen molar-refractivity contribution < 1.29 is 19.6 Å². The Balaban J connectivity index is 2.34. The van der Waals surface area contributed by atoms with Crippen LogP contribution in [-0.2, 0) is 4.74 Å². The van der Waals surface area contributed by atoms with Gasteiger partial charge >= 0.3 is 5.97 Å². The summed E-state index contributed by atoms with van der Waals surface area (Å²) < 4.78 is 5.27. The van der Waals surface area contributed by atoms with Crippen molar-refractivity contribution in [2.24, 2.45) is 0 Å². The molecule has 19 heavy (non-hydrogen) atoms. The molecule has 7 nitrogen and oxygen atoms in total. The number of aromatic carboxylic acids is 1. The Hall–Kier alpha value is -2.15. The molecule has 0 spiro atoms. The number of nitro benzene ring substituents is 1. The van der Waals surface area contributed by atoms with E-state index in [0.717, 1.165) is 6.42 Å². The molecule has 2 rings (SSSR count). The fraction of sp³-hybridized carbons (Fsp3) is 0.417. The molecule has 1 aromatic carbocycles. The van der Waals surface area contributed by atoms with Crippen LogP contribution in [-0.4, -0.2) is 42.3 Å². The fourth-order valence-electron chi connectivity index (χ4n) is 2.11. The van der Waals surface area contributed by atoms with E-state index >= 15 is 0 Å². The van der Waals surface area contributed by atoms with Gasteiger partial charge in [0.15, 0.2) is 0 Å². The van der Waals surface area contributed by atoms with E-state index in [1.54, 1.807) is 6.07 Å². The summed E-state index contributed by atoms with van der Waals surface area (Å²) in [5, 5.41) is 19.8. The third-order valence-electron chi connectivity index (χ3n) is 3.27. The standard InChI is InChI=1S/C12H14N2O5/c1-13(9-4-5-19-7-9)8-2-3-10(12(15)16)11(6-8)14(17)18/h2-3,6,9H,4-5,7H2,1H3,(H,15,16). The maximum atomic E-state index is 10.9. The van der Waals surface area contributed by atoms with Crippen LogP contribution in [0.4, 0.5) is 11.4 Å². The summed E-state index contributed by atoms with van der Waals surface area (Å²) in [5.41, 5.74) is -0.0761. The molecular formula is C12H14N2O5. The van der Waals surface area contributed by atoms with Gasteiger partial charge in [0, 0.05) is 25.4 Å². The lowest BCUT2D eigenvalue weighted by atomic mass is 10.1. The number of rotatable bonds is 4. The van der Waals surface area contributed by atoms with Gasteiger partial charge in [0.2, 0.25) is 0 Å². The van der Waals surface area contributed by atoms with Gasteiger partial charge in [-0.1, -0.05) is 0 Å². The number of hydrogen-bond donors (Lipinski definition) is 1. The molecule has 1 aliphatic rings. The van der Waals surface area contributed by atoms with E-state index < -0.39 is 16.6 Å².